The van der Waals surface area contributed by atoms with Gasteiger partial charge in [0.25, 0.3) is 0 Å². The van der Waals surface area contributed by atoms with Crippen LogP contribution in [0.2, 0.25) is 0 Å². The Hall–Kier alpha value is -0.860. The van der Waals surface area contributed by atoms with Gasteiger partial charge in [0, 0.05) is 0 Å². The van der Waals surface area contributed by atoms with Gasteiger partial charge in [0.05, 0.1) is 25.4 Å². The maximum absolute atomic E-state index is 10.8. The molecular formula is C15H22O11. The molecule has 0 aromatic carbocycles. The molecule has 3 fully saturated rings. The molecule has 11 atom stereocenters. The Kier molecular flexibility index (Phi) is 4.32. The lowest BCUT2D eigenvalue weighted by atomic mass is 9.81. The van der Waals surface area contributed by atoms with Crippen molar-refractivity contribution in [1.82, 2.24) is 0 Å². The monoisotopic (exact) mass is 378 g/mol. The highest BCUT2D eigenvalue weighted by molar-refractivity contribution is 5.32. The predicted molar refractivity (Wildman–Crippen MR) is 78.0 cm³/mol. The molecule has 7 N–H and O–H groups in total. The van der Waals surface area contributed by atoms with Crippen LogP contribution in [-0.2, 0) is 18.9 Å². The minimum atomic E-state index is -1.79. The van der Waals surface area contributed by atoms with E-state index in [-0.39, 0.29) is 0 Å². The third-order valence-electron chi connectivity index (χ3n) is 5.74. The van der Waals surface area contributed by atoms with E-state index in [1.54, 1.807) is 0 Å². The number of ether oxygens (including phenoxy) is 4. The van der Waals surface area contributed by atoms with E-state index >= 15 is 0 Å². The van der Waals surface area contributed by atoms with Crippen LogP contribution >= 0.6 is 0 Å². The van der Waals surface area contributed by atoms with Crippen LogP contribution in [0.1, 0.15) is 0 Å². The molecule has 0 spiro atoms. The van der Waals surface area contributed by atoms with Crippen LogP contribution in [0.25, 0.3) is 0 Å². The molecule has 1 saturated carbocycles. The maximum atomic E-state index is 10.8. The van der Waals surface area contributed by atoms with Crippen molar-refractivity contribution in [2.45, 2.75) is 60.4 Å². The highest BCUT2D eigenvalue weighted by atomic mass is 16.8. The van der Waals surface area contributed by atoms with Crippen molar-refractivity contribution in [1.29, 1.82) is 0 Å². The molecule has 4 aliphatic rings. The first-order valence-corrected chi connectivity index (χ1v) is 8.28. The SMILES string of the molecule is OC[C@H]1O[C@@H](O[C@@H]2OC=C[C@]3(O)[C@H](O)[C@@H]4O[C@]4(CO)[C@@H]23)[C@@H](O)[C@H](O)[C@@H]1O. The molecule has 11 nitrogen and oxygen atoms in total. The third kappa shape index (κ3) is 2.31. The van der Waals surface area contributed by atoms with Crippen LogP contribution in [0.3, 0.4) is 0 Å². The second kappa shape index (κ2) is 6.07. The summed E-state index contributed by atoms with van der Waals surface area (Å²) in [4.78, 5) is 0. The first-order valence-electron chi connectivity index (χ1n) is 8.28. The van der Waals surface area contributed by atoms with Gasteiger partial charge in [-0.25, -0.2) is 0 Å². The van der Waals surface area contributed by atoms with Gasteiger partial charge in [-0.05, 0) is 6.08 Å². The zero-order valence-electron chi connectivity index (χ0n) is 13.5. The highest BCUT2D eigenvalue weighted by Gasteiger charge is 2.81. The molecule has 0 aromatic heterocycles. The standard InChI is InChI=1S/C15H22O11/c16-3-5-6(18)7(19)8(20)12(24-5)25-13-9-14(22,1-2-23-13)10(21)11-15(9,4-17)26-11/h1-2,5-13,16-22H,3-4H2/t5-,6-,7-,8+,9+,10-,11+,12+,13+,14-,15-/m1/s1. The minimum absolute atomic E-state index is 0.507. The average Bonchev–Trinajstić information content (AvgIpc) is 3.32. The van der Waals surface area contributed by atoms with Crippen LogP contribution in [-0.4, -0.2) is 109 Å². The molecule has 148 valence electrons. The zero-order chi connectivity index (χ0) is 18.9. The second-order valence-corrected chi connectivity index (χ2v) is 7.10. The van der Waals surface area contributed by atoms with E-state index < -0.39 is 79.5 Å². The first-order chi connectivity index (χ1) is 12.3. The Balaban J connectivity index is 1.57. The number of hydrogen-bond acceptors (Lipinski definition) is 11. The summed E-state index contributed by atoms with van der Waals surface area (Å²) < 4.78 is 21.6. The molecule has 0 amide bonds. The molecule has 0 aromatic rings. The number of aliphatic hydroxyl groups excluding tert-OH is 6. The van der Waals surface area contributed by atoms with Crippen molar-refractivity contribution in [3.63, 3.8) is 0 Å². The van der Waals surface area contributed by atoms with Gasteiger partial charge in [0.1, 0.15) is 47.8 Å². The third-order valence-corrected chi connectivity index (χ3v) is 5.74. The quantitative estimate of drug-likeness (QED) is 0.234. The lowest BCUT2D eigenvalue weighted by molar-refractivity contribution is -0.350. The van der Waals surface area contributed by atoms with Gasteiger partial charge in [-0.2, -0.15) is 0 Å². The minimum Gasteiger partial charge on any atom is -0.472 e. The van der Waals surface area contributed by atoms with Gasteiger partial charge in [0.2, 0.25) is 6.29 Å². The normalized spacial score (nSPS) is 58.0. The lowest BCUT2D eigenvalue weighted by Gasteiger charge is -2.45. The van der Waals surface area contributed by atoms with Crippen molar-refractivity contribution in [2.24, 2.45) is 5.92 Å². The van der Waals surface area contributed by atoms with E-state index in [9.17, 15) is 35.7 Å². The van der Waals surface area contributed by atoms with E-state index in [1.807, 2.05) is 0 Å². The average molecular weight is 378 g/mol. The Labute approximate surface area is 147 Å². The molecule has 2 saturated heterocycles. The summed E-state index contributed by atoms with van der Waals surface area (Å²) >= 11 is 0. The van der Waals surface area contributed by atoms with Crippen molar-refractivity contribution in [2.75, 3.05) is 13.2 Å². The van der Waals surface area contributed by atoms with Crippen molar-refractivity contribution in [3.05, 3.63) is 12.3 Å². The summed E-state index contributed by atoms with van der Waals surface area (Å²) in [6.07, 6.45) is -8.62. The van der Waals surface area contributed by atoms with Gasteiger partial charge < -0.3 is 54.7 Å². The van der Waals surface area contributed by atoms with E-state index in [2.05, 4.69) is 0 Å². The van der Waals surface area contributed by atoms with Crippen molar-refractivity contribution >= 4 is 0 Å². The van der Waals surface area contributed by atoms with E-state index in [0.29, 0.717) is 0 Å². The number of hydrogen-bond donors (Lipinski definition) is 7. The second-order valence-electron chi connectivity index (χ2n) is 7.10. The van der Waals surface area contributed by atoms with Gasteiger partial charge >= 0.3 is 0 Å². The largest absolute Gasteiger partial charge is 0.472 e. The molecule has 1 aliphatic carbocycles. The smallest absolute Gasteiger partial charge is 0.210 e. The first kappa shape index (κ1) is 18.5. The maximum Gasteiger partial charge on any atom is 0.210 e. The van der Waals surface area contributed by atoms with Gasteiger partial charge in [0.15, 0.2) is 6.29 Å². The molecule has 4 rings (SSSR count). The van der Waals surface area contributed by atoms with E-state index in [1.165, 1.54) is 6.08 Å². The summed E-state index contributed by atoms with van der Waals surface area (Å²) in [6, 6.07) is 0. The van der Waals surface area contributed by atoms with Crippen molar-refractivity contribution in [3.8, 4) is 0 Å². The fraction of sp³-hybridized carbons (Fsp3) is 0.867. The number of fused-ring (bicyclic) bond motifs is 3. The molecular weight excluding hydrogens is 356 g/mol. The van der Waals surface area contributed by atoms with Crippen LogP contribution in [0.5, 0.6) is 0 Å². The van der Waals surface area contributed by atoms with Crippen LogP contribution in [0.4, 0.5) is 0 Å². The summed E-state index contributed by atoms with van der Waals surface area (Å²) in [7, 11) is 0. The van der Waals surface area contributed by atoms with Crippen LogP contribution in [0.15, 0.2) is 12.3 Å². The Morgan fingerprint density at radius 1 is 1.00 bits per heavy atom. The van der Waals surface area contributed by atoms with Gasteiger partial charge in [-0.3, -0.25) is 0 Å². The lowest BCUT2D eigenvalue weighted by Crippen LogP contribution is -2.62. The molecule has 11 heteroatoms. The van der Waals surface area contributed by atoms with Crippen LogP contribution in [0, 0.1) is 5.92 Å². The number of rotatable bonds is 4. The molecule has 0 radical (unpaired) electrons. The highest BCUT2D eigenvalue weighted by Crippen LogP contribution is 2.61. The van der Waals surface area contributed by atoms with Gasteiger partial charge in [-0.1, -0.05) is 0 Å². The number of aliphatic hydroxyl groups is 7. The Morgan fingerprint density at radius 3 is 2.38 bits per heavy atom. The number of epoxide rings is 1. The summed E-state index contributed by atoms with van der Waals surface area (Å²) in [5.74, 6) is -1.04. The molecule has 0 unspecified atom stereocenters. The fourth-order valence-electron chi connectivity index (χ4n) is 4.21. The topological polar surface area (TPSA) is 182 Å². The Morgan fingerprint density at radius 2 is 1.73 bits per heavy atom. The summed E-state index contributed by atoms with van der Waals surface area (Å²) in [5, 5.41) is 69.8. The Bertz CT molecular complexity index is 584. The van der Waals surface area contributed by atoms with E-state index in [0.717, 1.165) is 6.26 Å². The van der Waals surface area contributed by atoms with Crippen molar-refractivity contribution < 1.29 is 54.7 Å². The van der Waals surface area contributed by atoms with Gasteiger partial charge in [-0.15, -0.1) is 0 Å². The molecule has 3 aliphatic heterocycles. The van der Waals surface area contributed by atoms with Crippen LogP contribution < -0.4 is 0 Å². The van der Waals surface area contributed by atoms with E-state index in [4.69, 9.17) is 18.9 Å². The molecule has 26 heavy (non-hydrogen) atoms. The fourth-order valence-corrected chi connectivity index (χ4v) is 4.21. The zero-order valence-corrected chi connectivity index (χ0v) is 13.5. The molecule has 0 bridgehead atoms. The molecule has 3 heterocycles. The predicted octanol–water partition coefficient (Wildman–Crippen LogP) is -4.48. The summed E-state index contributed by atoms with van der Waals surface area (Å²) in [6.45, 7) is -1.14. The summed E-state index contributed by atoms with van der Waals surface area (Å²) in [5.41, 5.74) is -3.07.